The summed E-state index contributed by atoms with van der Waals surface area (Å²) in [5.41, 5.74) is 11.8. The number of oxime groups is 1. The summed E-state index contributed by atoms with van der Waals surface area (Å²) in [5.74, 6) is -3.48. The first kappa shape index (κ1) is 31.3. The number of hydrogen-bond donors (Lipinski definition) is 6. The van der Waals surface area contributed by atoms with Gasteiger partial charge in [-0.2, -0.15) is 0 Å². The van der Waals surface area contributed by atoms with Crippen LogP contribution in [0.15, 0.2) is 26.8 Å². The van der Waals surface area contributed by atoms with Gasteiger partial charge in [-0.3, -0.25) is 19.9 Å². The molecule has 1 aromatic heterocycles. The van der Waals surface area contributed by atoms with Crippen LogP contribution in [-0.2, 0) is 24.0 Å². The van der Waals surface area contributed by atoms with E-state index >= 15 is 0 Å². The van der Waals surface area contributed by atoms with Gasteiger partial charge in [0.15, 0.2) is 16.0 Å². The molecule has 0 bridgehead atoms. The molecule has 1 fully saturated rings. The van der Waals surface area contributed by atoms with Crippen LogP contribution in [0.2, 0.25) is 0 Å². The Hall–Kier alpha value is -3.68. The second-order valence-corrected chi connectivity index (χ2v) is 12.2. The summed E-state index contributed by atoms with van der Waals surface area (Å²) < 4.78 is 0. The lowest BCUT2D eigenvalue weighted by molar-refractivity contribution is -0.150. The molecular formula is C23H29N9O7S3. The third kappa shape index (κ3) is 6.53. The van der Waals surface area contributed by atoms with Crippen LogP contribution in [0.4, 0.5) is 5.13 Å². The number of amides is 2. The maximum absolute atomic E-state index is 13.2. The Morgan fingerprint density at radius 2 is 2.12 bits per heavy atom. The lowest BCUT2D eigenvalue weighted by atomic mass is 10.0. The molecular weight excluding hydrogens is 611 g/mol. The second-order valence-electron chi connectivity index (χ2n) is 9.31. The van der Waals surface area contributed by atoms with Crippen molar-refractivity contribution >= 4 is 80.5 Å². The fraction of sp³-hybridized carbons (Fsp3) is 0.478. The molecule has 3 aliphatic rings. The van der Waals surface area contributed by atoms with Gasteiger partial charge in [0.1, 0.15) is 28.6 Å². The number of anilines is 1. The van der Waals surface area contributed by atoms with E-state index in [0.717, 1.165) is 22.7 Å². The molecule has 16 nitrogen and oxygen atoms in total. The Morgan fingerprint density at radius 3 is 2.74 bits per heavy atom. The van der Waals surface area contributed by atoms with Crippen molar-refractivity contribution in [1.82, 2.24) is 20.1 Å². The number of thioether (sulfide) groups is 2. The van der Waals surface area contributed by atoms with Gasteiger partial charge in [-0.25, -0.2) is 19.6 Å². The number of aromatic nitrogens is 1. The summed E-state index contributed by atoms with van der Waals surface area (Å²) in [6, 6.07) is -1.08. The van der Waals surface area contributed by atoms with Crippen molar-refractivity contribution in [2.75, 3.05) is 23.8 Å². The zero-order valence-corrected chi connectivity index (χ0v) is 24.9. The monoisotopic (exact) mass is 639 g/mol. The predicted molar refractivity (Wildman–Crippen MR) is 158 cm³/mol. The molecule has 1 aromatic rings. The maximum atomic E-state index is 13.2. The second kappa shape index (κ2) is 13.1. The highest BCUT2D eigenvalue weighted by atomic mass is 32.2. The van der Waals surface area contributed by atoms with E-state index in [1.165, 1.54) is 35.8 Å². The number of β-lactam (4-membered cyclic amide) rings is 1. The van der Waals surface area contributed by atoms with Crippen molar-refractivity contribution in [3.05, 3.63) is 22.3 Å². The van der Waals surface area contributed by atoms with Crippen LogP contribution in [0, 0.1) is 5.41 Å². The van der Waals surface area contributed by atoms with Crippen molar-refractivity contribution in [2.24, 2.45) is 15.9 Å². The number of nitrogens with one attached hydrogen (secondary N) is 2. The van der Waals surface area contributed by atoms with Crippen molar-refractivity contribution in [3.63, 3.8) is 0 Å². The fourth-order valence-corrected chi connectivity index (χ4v) is 7.36. The number of carbonyl (C=O) groups is 4. The SMILES string of the molecule is CCCN1C(SCC2=C(C(=O)O)N3C(=O)C(NC(=O)C(=NO[C@@H](C)C(=O)O)c4csc(N)n4)[C@@H]3SC2)=NC(=N)CC1N. The van der Waals surface area contributed by atoms with E-state index in [9.17, 15) is 24.3 Å². The van der Waals surface area contributed by atoms with Gasteiger partial charge in [-0.05, 0) is 18.9 Å². The number of aliphatic carboxylic acids is 2. The van der Waals surface area contributed by atoms with Crippen LogP contribution in [-0.4, -0.2) is 107 Å². The third-order valence-corrected chi connectivity index (χ3v) is 9.38. The first-order valence-electron chi connectivity index (χ1n) is 12.6. The topological polar surface area (TPSA) is 250 Å². The summed E-state index contributed by atoms with van der Waals surface area (Å²) in [4.78, 5) is 66.0. The molecule has 4 rings (SSSR count). The normalized spacial score (nSPS) is 23.2. The van der Waals surface area contributed by atoms with Crippen LogP contribution < -0.4 is 16.8 Å². The number of aliphatic imine (C=N–C) groups is 1. The van der Waals surface area contributed by atoms with Gasteiger partial charge in [0.2, 0.25) is 6.10 Å². The summed E-state index contributed by atoms with van der Waals surface area (Å²) in [7, 11) is 0. The van der Waals surface area contributed by atoms with E-state index in [0.29, 0.717) is 23.7 Å². The van der Waals surface area contributed by atoms with Gasteiger partial charge in [0.05, 0.1) is 6.17 Å². The fourth-order valence-electron chi connectivity index (χ4n) is 4.23. The molecule has 2 unspecified atom stereocenters. The smallest absolute Gasteiger partial charge is 0.352 e. The standard InChI is InChI=1S/C23H29N9O7S3/c1-3-4-31-13(25)5-12(24)28-23(31)42-7-10-6-40-19-15(18(34)32(19)16(10)21(37)38)29-17(33)14(11-8-41-22(26)27-11)30-39-9(2)20(35)36/h8-9,13,15,19,24H,3-7,25H2,1-2H3,(H2,26,27)(H,29,33)(H,35,36)(H,37,38)/t9-,13?,15?,19-/m0/s1. The van der Waals surface area contributed by atoms with E-state index in [-0.39, 0.29) is 39.6 Å². The maximum Gasteiger partial charge on any atom is 0.352 e. The average molecular weight is 640 g/mol. The molecule has 4 heterocycles. The highest BCUT2D eigenvalue weighted by Gasteiger charge is 2.54. The van der Waals surface area contributed by atoms with Gasteiger partial charge >= 0.3 is 11.9 Å². The summed E-state index contributed by atoms with van der Waals surface area (Å²) in [6.07, 6.45) is -0.645. The zero-order valence-electron chi connectivity index (χ0n) is 22.5. The van der Waals surface area contributed by atoms with Crippen LogP contribution in [0.5, 0.6) is 0 Å². The first-order chi connectivity index (χ1) is 19.9. The minimum Gasteiger partial charge on any atom is -0.478 e. The number of nitrogens with zero attached hydrogens (tertiary/aromatic N) is 5. The number of carboxylic acid groups (broad SMARTS) is 2. The van der Waals surface area contributed by atoms with Crippen LogP contribution >= 0.6 is 34.9 Å². The van der Waals surface area contributed by atoms with Gasteiger partial charge in [-0.1, -0.05) is 23.8 Å². The summed E-state index contributed by atoms with van der Waals surface area (Å²) in [6.45, 7) is 3.85. The zero-order chi connectivity index (χ0) is 30.7. The number of amidine groups is 2. The minimum atomic E-state index is -1.37. The minimum absolute atomic E-state index is 0.0218. The molecule has 0 aromatic carbocycles. The Morgan fingerprint density at radius 1 is 1.38 bits per heavy atom. The van der Waals surface area contributed by atoms with Crippen molar-refractivity contribution < 1.29 is 34.2 Å². The highest BCUT2D eigenvalue weighted by molar-refractivity contribution is 8.14. The Balaban J connectivity index is 1.50. The number of nitrogen functional groups attached to an aromatic ring is 1. The molecule has 8 N–H and O–H groups in total. The van der Waals surface area contributed by atoms with Crippen LogP contribution in [0.3, 0.4) is 0 Å². The lowest BCUT2D eigenvalue weighted by Crippen LogP contribution is -2.71. The molecule has 0 saturated carbocycles. The van der Waals surface area contributed by atoms with Crippen molar-refractivity contribution in [2.45, 2.75) is 50.4 Å². The molecule has 1 saturated heterocycles. The average Bonchev–Trinajstić information content (AvgIpc) is 3.36. The Labute approximate surface area is 252 Å². The van der Waals surface area contributed by atoms with Crippen molar-refractivity contribution in [1.29, 1.82) is 5.41 Å². The quantitative estimate of drug-likeness (QED) is 0.107. The first-order valence-corrected chi connectivity index (χ1v) is 15.5. The number of hydrogen-bond acceptors (Lipinski definition) is 14. The largest absolute Gasteiger partial charge is 0.478 e. The Bertz CT molecular complexity index is 1390. The molecule has 3 aliphatic heterocycles. The van der Waals surface area contributed by atoms with Gasteiger partial charge < -0.3 is 36.7 Å². The predicted octanol–water partition coefficient (Wildman–Crippen LogP) is 0.125. The van der Waals surface area contributed by atoms with E-state index < -0.39 is 47.4 Å². The van der Waals surface area contributed by atoms with E-state index in [1.54, 1.807) is 0 Å². The number of carboxylic acids is 2. The van der Waals surface area contributed by atoms with E-state index in [1.807, 2.05) is 11.8 Å². The molecule has 0 aliphatic carbocycles. The number of carbonyl (C=O) groups excluding carboxylic acids is 2. The van der Waals surface area contributed by atoms with Crippen LogP contribution in [0.1, 0.15) is 32.4 Å². The summed E-state index contributed by atoms with van der Waals surface area (Å²) >= 11 is 3.56. The molecule has 19 heteroatoms. The molecule has 4 atom stereocenters. The number of thiazole rings is 1. The summed E-state index contributed by atoms with van der Waals surface area (Å²) in [5, 5.41) is 34.6. The highest BCUT2D eigenvalue weighted by Crippen LogP contribution is 2.41. The molecule has 226 valence electrons. The molecule has 42 heavy (non-hydrogen) atoms. The van der Waals surface area contributed by atoms with Gasteiger partial charge in [0, 0.05) is 29.9 Å². The van der Waals surface area contributed by atoms with Gasteiger partial charge in [-0.15, -0.1) is 23.1 Å². The van der Waals surface area contributed by atoms with Crippen LogP contribution in [0.25, 0.3) is 0 Å². The number of rotatable bonds is 11. The molecule has 2 amide bonds. The van der Waals surface area contributed by atoms with E-state index in [4.69, 9.17) is 26.8 Å². The number of nitrogens with two attached hydrogens (primary N) is 2. The third-order valence-electron chi connectivity index (χ3n) is 6.29. The van der Waals surface area contributed by atoms with E-state index in [2.05, 4.69) is 20.4 Å². The van der Waals surface area contributed by atoms with Crippen molar-refractivity contribution in [3.8, 4) is 0 Å². The van der Waals surface area contributed by atoms with Gasteiger partial charge in [0.25, 0.3) is 11.8 Å². The Kier molecular flexibility index (Phi) is 9.74. The number of fused-ring (bicyclic) bond motifs is 1. The molecule has 0 radical (unpaired) electrons. The molecule has 0 spiro atoms. The lowest BCUT2D eigenvalue weighted by Gasteiger charge is -2.49.